The van der Waals surface area contributed by atoms with Gasteiger partial charge in [-0.2, -0.15) is 0 Å². The average molecular weight is 253 g/mol. The fraction of sp³-hybridized carbons (Fsp3) is 0.500. The first-order valence-electron chi connectivity index (χ1n) is 6.26. The van der Waals surface area contributed by atoms with Crippen molar-refractivity contribution >= 4 is 11.7 Å². The predicted octanol–water partition coefficient (Wildman–Crippen LogP) is 3.60. The zero-order chi connectivity index (χ0) is 13.5. The number of hydrogen-bond donors (Lipinski definition) is 1. The highest BCUT2D eigenvalue weighted by Gasteiger charge is 2.15. The second-order valence-corrected chi connectivity index (χ2v) is 4.22. The number of nitrogens with one attached hydrogen (secondary N) is 1. The summed E-state index contributed by atoms with van der Waals surface area (Å²) in [7, 11) is 1.29. The first-order chi connectivity index (χ1) is 8.62. The van der Waals surface area contributed by atoms with E-state index in [1.165, 1.54) is 19.2 Å². The first kappa shape index (κ1) is 14.5. The van der Waals surface area contributed by atoms with E-state index in [1.54, 1.807) is 6.07 Å². The summed E-state index contributed by atoms with van der Waals surface area (Å²) in [5.41, 5.74) is 0.871. The molecule has 4 heteroatoms. The number of methoxy groups -OCH3 is 1. The predicted molar refractivity (Wildman–Crippen MR) is 70.3 cm³/mol. The van der Waals surface area contributed by atoms with Crippen LogP contribution in [0.15, 0.2) is 18.2 Å². The lowest BCUT2D eigenvalue weighted by molar-refractivity contribution is 0.0601. The average Bonchev–Trinajstić information content (AvgIpc) is 2.39. The molecule has 18 heavy (non-hydrogen) atoms. The fourth-order valence-electron chi connectivity index (χ4n) is 1.87. The van der Waals surface area contributed by atoms with E-state index in [0.29, 0.717) is 5.69 Å². The molecule has 100 valence electrons. The van der Waals surface area contributed by atoms with Gasteiger partial charge >= 0.3 is 5.97 Å². The van der Waals surface area contributed by atoms with Crippen molar-refractivity contribution in [1.82, 2.24) is 0 Å². The minimum atomic E-state index is -0.525. The molecule has 1 aromatic rings. The molecule has 1 aromatic carbocycles. The quantitative estimate of drug-likeness (QED) is 0.787. The minimum Gasteiger partial charge on any atom is -0.465 e. The molecule has 0 saturated heterocycles. The molecule has 0 heterocycles. The molecule has 1 N–H and O–H groups in total. The van der Waals surface area contributed by atoms with Gasteiger partial charge in [0.15, 0.2) is 0 Å². The van der Waals surface area contributed by atoms with Gasteiger partial charge in [0.05, 0.1) is 12.7 Å². The molecule has 1 atom stereocenters. The van der Waals surface area contributed by atoms with E-state index in [4.69, 9.17) is 0 Å². The van der Waals surface area contributed by atoms with Crippen LogP contribution < -0.4 is 5.32 Å². The normalized spacial score (nSPS) is 12.0. The Kier molecular flexibility index (Phi) is 5.62. The Labute approximate surface area is 107 Å². The summed E-state index contributed by atoms with van der Waals surface area (Å²) in [6.45, 7) is 4.19. The zero-order valence-corrected chi connectivity index (χ0v) is 11.1. The van der Waals surface area contributed by atoms with E-state index in [-0.39, 0.29) is 11.6 Å². The van der Waals surface area contributed by atoms with Crippen LogP contribution in [0.3, 0.4) is 0 Å². The van der Waals surface area contributed by atoms with Crippen LogP contribution in [0, 0.1) is 5.82 Å². The topological polar surface area (TPSA) is 38.3 Å². The van der Waals surface area contributed by atoms with Crippen molar-refractivity contribution in [2.75, 3.05) is 12.4 Å². The smallest absolute Gasteiger partial charge is 0.340 e. The van der Waals surface area contributed by atoms with E-state index in [2.05, 4.69) is 23.9 Å². The second-order valence-electron chi connectivity index (χ2n) is 4.22. The molecule has 1 unspecified atom stereocenters. The van der Waals surface area contributed by atoms with Crippen LogP contribution in [-0.2, 0) is 4.74 Å². The monoisotopic (exact) mass is 253 g/mol. The van der Waals surface area contributed by atoms with Gasteiger partial charge in [-0.05, 0) is 31.0 Å². The summed E-state index contributed by atoms with van der Waals surface area (Å²) in [4.78, 5) is 11.6. The van der Waals surface area contributed by atoms with Gasteiger partial charge in [-0.25, -0.2) is 9.18 Å². The fourth-order valence-corrected chi connectivity index (χ4v) is 1.87. The van der Waals surface area contributed by atoms with Crippen molar-refractivity contribution in [3.05, 3.63) is 29.6 Å². The molecule has 3 nitrogen and oxygen atoms in total. The third-order valence-electron chi connectivity index (χ3n) is 2.88. The molecule has 0 spiro atoms. The third-order valence-corrected chi connectivity index (χ3v) is 2.88. The van der Waals surface area contributed by atoms with Crippen LogP contribution in [0.25, 0.3) is 0 Å². The maximum atomic E-state index is 13.2. The number of ether oxygens (including phenoxy) is 1. The number of benzene rings is 1. The van der Waals surface area contributed by atoms with Gasteiger partial charge in [-0.3, -0.25) is 0 Å². The Morgan fingerprint density at radius 1 is 1.44 bits per heavy atom. The summed E-state index contributed by atoms with van der Waals surface area (Å²) in [6.07, 6.45) is 3.01. The maximum Gasteiger partial charge on any atom is 0.340 e. The molecular formula is C14H20FNO2. The second kappa shape index (κ2) is 6.99. The highest BCUT2D eigenvalue weighted by Crippen LogP contribution is 2.20. The molecule has 0 amide bonds. The summed E-state index contributed by atoms with van der Waals surface area (Å²) in [5, 5.41) is 3.27. The van der Waals surface area contributed by atoms with E-state index < -0.39 is 11.8 Å². The van der Waals surface area contributed by atoms with Gasteiger partial charge in [-0.15, -0.1) is 0 Å². The Morgan fingerprint density at radius 2 is 2.17 bits per heavy atom. The lowest BCUT2D eigenvalue weighted by Gasteiger charge is -2.19. The number of rotatable bonds is 6. The van der Waals surface area contributed by atoms with Crippen LogP contribution >= 0.6 is 0 Å². The number of carbonyl (C=O) groups excluding carboxylic acids is 1. The van der Waals surface area contributed by atoms with E-state index in [9.17, 15) is 9.18 Å². The van der Waals surface area contributed by atoms with Crippen molar-refractivity contribution in [1.29, 1.82) is 0 Å². The SMILES string of the molecule is CCCC(CC)Nc1ccc(F)cc1C(=O)OC. The van der Waals surface area contributed by atoms with E-state index >= 15 is 0 Å². The molecule has 0 aliphatic carbocycles. The van der Waals surface area contributed by atoms with Crippen molar-refractivity contribution in [2.24, 2.45) is 0 Å². The van der Waals surface area contributed by atoms with Crippen LogP contribution in [0.1, 0.15) is 43.5 Å². The Hall–Kier alpha value is -1.58. The van der Waals surface area contributed by atoms with Gasteiger partial charge in [0, 0.05) is 11.7 Å². The Morgan fingerprint density at radius 3 is 2.72 bits per heavy atom. The molecule has 0 fully saturated rings. The minimum absolute atomic E-state index is 0.243. The van der Waals surface area contributed by atoms with Crippen LogP contribution in [-0.4, -0.2) is 19.1 Å². The molecule has 0 aliphatic heterocycles. The molecule has 0 bridgehead atoms. The summed E-state index contributed by atoms with van der Waals surface area (Å²) in [5.74, 6) is -0.965. The zero-order valence-electron chi connectivity index (χ0n) is 11.1. The van der Waals surface area contributed by atoms with Gasteiger partial charge in [0.2, 0.25) is 0 Å². The van der Waals surface area contributed by atoms with Crippen molar-refractivity contribution in [2.45, 2.75) is 39.2 Å². The molecular weight excluding hydrogens is 233 g/mol. The maximum absolute atomic E-state index is 13.2. The summed E-state index contributed by atoms with van der Waals surface area (Å²) >= 11 is 0. The highest BCUT2D eigenvalue weighted by molar-refractivity contribution is 5.95. The number of anilines is 1. The van der Waals surface area contributed by atoms with E-state index in [0.717, 1.165) is 19.3 Å². The van der Waals surface area contributed by atoms with Crippen molar-refractivity contribution in [3.63, 3.8) is 0 Å². The lowest BCUT2D eigenvalue weighted by atomic mass is 10.1. The first-order valence-corrected chi connectivity index (χ1v) is 6.26. The van der Waals surface area contributed by atoms with E-state index in [1.807, 2.05) is 0 Å². The number of carbonyl (C=O) groups is 1. The highest BCUT2D eigenvalue weighted by atomic mass is 19.1. The van der Waals surface area contributed by atoms with Gasteiger partial charge in [-0.1, -0.05) is 20.3 Å². The van der Waals surface area contributed by atoms with Crippen LogP contribution in [0.4, 0.5) is 10.1 Å². The van der Waals surface area contributed by atoms with Crippen LogP contribution in [0.2, 0.25) is 0 Å². The van der Waals surface area contributed by atoms with Gasteiger partial charge in [0.25, 0.3) is 0 Å². The number of esters is 1. The van der Waals surface area contributed by atoms with Crippen molar-refractivity contribution in [3.8, 4) is 0 Å². The molecule has 0 aliphatic rings. The summed E-state index contributed by atoms with van der Waals surface area (Å²) < 4.78 is 17.8. The largest absolute Gasteiger partial charge is 0.465 e. The standard InChI is InChI=1S/C14H20FNO2/c1-4-6-11(5-2)16-13-8-7-10(15)9-12(13)14(17)18-3/h7-9,11,16H,4-6H2,1-3H3. The molecule has 1 rings (SSSR count). The number of halogens is 1. The lowest BCUT2D eigenvalue weighted by Crippen LogP contribution is -2.20. The molecule has 0 aromatic heterocycles. The molecule has 0 radical (unpaired) electrons. The van der Waals surface area contributed by atoms with Crippen molar-refractivity contribution < 1.29 is 13.9 Å². The Balaban J connectivity index is 2.96. The third kappa shape index (κ3) is 3.72. The van der Waals surface area contributed by atoms with Gasteiger partial charge in [0.1, 0.15) is 5.82 Å². The van der Waals surface area contributed by atoms with Gasteiger partial charge < -0.3 is 10.1 Å². The van der Waals surface area contributed by atoms with Crippen LogP contribution in [0.5, 0.6) is 0 Å². The number of hydrogen-bond acceptors (Lipinski definition) is 3. The molecule has 0 saturated carbocycles. The Bertz CT molecular complexity index is 407. The summed E-state index contributed by atoms with van der Waals surface area (Å²) in [6, 6.07) is 4.41.